The molecule has 1 aromatic carbocycles. The Bertz CT molecular complexity index is 483. The molecular weight excluding hydrogens is 228 g/mol. The Morgan fingerprint density at radius 3 is 2.78 bits per heavy atom. The van der Waals surface area contributed by atoms with E-state index in [0.29, 0.717) is 6.42 Å². The summed E-state index contributed by atoms with van der Waals surface area (Å²) >= 11 is 0. The zero-order chi connectivity index (χ0) is 13.1. The molecule has 1 aliphatic rings. The number of carbonyl (C=O) groups is 1. The molecule has 1 amide bonds. The zero-order valence-electron chi connectivity index (χ0n) is 10.6. The monoisotopic (exact) mass is 246 g/mol. The zero-order valence-corrected chi connectivity index (χ0v) is 10.6. The largest absolute Gasteiger partial charge is 0.497 e. The van der Waals surface area contributed by atoms with Crippen molar-refractivity contribution in [1.29, 1.82) is 0 Å². The molecule has 0 radical (unpaired) electrons. The third kappa shape index (κ3) is 2.71. The summed E-state index contributed by atoms with van der Waals surface area (Å²) in [6.45, 7) is 1.94. The number of ether oxygens (including phenoxy) is 1. The van der Waals surface area contributed by atoms with Gasteiger partial charge in [-0.3, -0.25) is 4.79 Å². The molecular formula is C14H18N2O2. The van der Waals surface area contributed by atoms with Crippen LogP contribution in [-0.4, -0.2) is 19.1 Å². The molecule has 18 heavy (non-hydrogen) atoms. The van der Waals surface area contributed by atoms with Gasteiger partial charge in [0.1, 0.15) is 5.75 Å². The maximum Gasteiger partial charge on any atom is 0.231 e. The number of nitrogens with one attached hydrogen (secondary N) is 1. The summed E-state index contributed by atoms with van der Waals surface area (Å²) in [5, 5.41) is 2.92. The van der Waals surface area contributed by atoms with Gasteiger partial charge in [0.25, 0.3) is 0 Å². The average Bonchev–Trinajstić information content (AvgIpc) is 2.78. The van der Waals surface area contributed by atoms with Crippen LogP contribution in [0.4, 0.5) is 5.69 Å². The standard InChI is InChI=1S/C14H18N2O2/c1-9-7-12(18-2)5-6-13(9)16-14(17)10-3-4-11(15)8-10/h3-7,10-11H,8,15H2,1-2H3,(H,16,17). The molecule has 0 fully saturated rings. The van der Waals surface area contributed by atoms with Crippen molar-refractivity contribution in [3.63, 3.8) is 0 Å². The first kappa shape index (κ1) is 12.6. The average molecular weight is 246 g/mol. The van der Waals surface area contributed by atoms with Crippen LogP contribution in [0.5, 0.6) is 5.75 Å². The van der Waals surface area contributed by atoms with Gasteiger partial charge >= 0.3 is 0 Å². The first-order valence-corrected chi connectivity index (χ1v) is 5.99. The fourth-order valence-corrected chi connectivity index (χ4v) is 2.05. The SMILES string of the molecule is COc1ccc(NC(=O)C2C=CC(N)C2)c(C)c1. The van der Waals surface area contributed by atoms with E-state index in [1.165, 1.54) is 0 Å². The number of nitrogens with two attached hydrogens (primary N) is 1. The second-order valence-corrected chi connectivity index (χ2v) is 4.56. The summed E-state index contributed by atoms with van der Waals surface area (Å²) < 4.78 is 5.13. The van der Waals surface area contributed by atoms with Gasteiger partial charge in [0, 0.05) is 11.7 Å². The van der Waals surface area contributed by atoms with Gasteiger partial charge in [-0.05, 0) is 37.1 Å². The van der Waals surface area contributed by atoms with Crippen molar-refractivity contribution < 1.29 is 9.53 Å². The number of amides is 1. The van der Waals surface area contributed by atoms with Gasteiger partial charge in [-0.25, -0.2) is 0 Å². The van der Waals surface area contributed by atoms with Crippen LogP contribution >= 0.6 is 0 Å². The molecule has 2 rings (SSSR count). The second kappa shape index (κ2) is 5.23. The molecule has 0 spiro atoms. The molecule has 96 valence electrons. The van der Waals surface area contributed by atoms with E-state index in [1.54, 1.807) is 7.11 Å². The molecule has 4 nitrogen and oxygen atoms in total. The molecule has 3 N–H and O–H groups in total. The van der Waals surface area contributed by atoms with Gasteiger partial charge in [-0.15, -0.1) is 0 Å². The number of benzene rings is 1. The number of anilines is 1. The molecule has 0 aliphatic heterocycles. The fourth-order valence-electron chi connectivity index (χ4n) is 2.05. The molecule has 0 saturated carbocycles. The molecule has 1 aliphatic carbocycles. The highest BCUT2D eigenvalue weighted by molar-refractivity contribution is 5.94. The number of carbonyl (C=O) groups excluding carboxylic acids is 1. The molecule has 4 heteroatoms. The minimum Gasteiger partial charge on any atom is -0.497 e. The highest BCUT2D eigenvalue weighted by atomic mass is 16.5. The maximum atomic E-state index is 12.0. The molecule has 2 atom stereocenters. The number of hydrogen-bond acceptors (Lipinski definition) is 3. The van der Waals surface area contributed by atoms with Crippen LogP contribution in [0, 0.1) is 12.8 Å². The van der Waals surface area contributed by atoms with Crippen molar-refractivity contribution in [3.8, 4) is 5.75 Å². The number of methoxy groups -OCH3 is 1. The van der Waals surface area contributed by atoms with Crippen LogP contribution in [-0.2, 0) is 4.79 Å². The van der Waals surface area contributed by atoms with E-state index in [0.717, 1.165) is 17.0 Å². The predicted molar refractivity (Wildman–Crippen MR) is 71.6 cm³/mol. The van der Waals surface area contributed by atoms with Gasteiger partial charge in [0.2, 0.25) is 5.91 Å². The second-order valence-electron chi connectivity index (χ2n) is 4.56. The quantitative estimate of drug-likeness (QED) is 0.800. The van der Waals surface area contributed by atoms with E-state index >= 15 is 0 Å². The number of hydrogen-bond donors (Lipinski definition) is 2. The lowest BCUT2D eigenvalue weighted by Crippen LogP contribution is -2.24. The van der Waals surface area contributed by atoms with Crippen molar-refractivity contribution in [1.82, 2.24) is 0 Å². The van der Waals surface area contributed by atoms with Gasteiger partial charge in [-0.1, -0.05) is 12.2 Å². The summed E-state index contributed by atoms with van der Waals surface area (Å²) in [5.41, 5.74) is 7.54. The van der Waals surface area contributed by atoms with Crippen LogP contribution < -0.4 is 15.8 Å². The third-order valence-corrected chi connectivity index (χ3v) is 3.14. The van der Waals surface area contributed by atoms with Gasteiger partial charge < -0.3 is 15.8 Å². The van der Waals surface area contributed by atoms with Crippen LogP contribution in [0.3, 0.4) is 0 Å². The Hall–Kier alpha value is -1.81. The van der Waals surface area contributed by atoms with Crippen molar-refractivity contribution >= 4 is 11.6 Å². The first-order chi connectivity index (χ1) is 8.60. The van der Waals surface area contributed by atoms with Crippen LogP contribution in [0.2, 0.25) is 0 Å². The van der Waals surface area contributed by atoms with E-state index in [2.05, 4.69) is 5.32 Å². The minimum atomic E-state index is -0.124. The maximum absolute atomic E-state index is 12.0. The summed E-state index contributed by atoms with van der Waals surface area (Å²) in [6.07, 6.45) is 4.44. The Balaban J connectivity index is 2.05. The number of aryl methyl sites for hydroxylation is 1. The summed E-state index contributed by atoms with van der Waals surface area (Å²) in [6, 6.07) is 5.58. The Kier molecular flexibility index (Phi) is 3.67. The van der Waals surface area contributed by atoms with Crippen LogP contribution in [0.1, 0.15) is 12.0 Å². The van der Waals surface area contributed by atoms with Crippen molar-refractivity contribution in [2.24, 2.45) is 11.7 Å². The van der Waals surface area contributed by atoms with Crippen LogP contribution in [0.15, 0.2) is 30.4 Å². The van der Waals surface area contributed by atoms with Crippen molar-refractivity contribution in [2.45, 2.75) is 19.4 Å². The molecule has 2 unspecified atom stereocenters. The lowest BCUT2D eigenvalue weighted by atomic mass is 10.1. The highest BCUT2D eigenvalue weighted by Gasteiger charge is 2.22. The van der Waals surface area contributed by atoms with E-state index in [-0.39, 0.29) is 17.9 Å². The molecule has 0 heterocycles. The Morgan fingerprint density at radius 2 is 2.22 bits per heavy atom. The highest BCUT2D eigenvalue weighted by Crippen LogP contribution is 2.23. The third-order valence-electron chi connectivity index (χ3n) is 3.14. The molecule has 0 bridgehead atoms. The molecule has 0 aromatic heterocycles. The van der Waals surface area contributed by atoms with Gasteiger partial charge in [-0.2, -0.15) is 0 Å². The summed E-state index contributed by atoms with van der Waals surface area (Å²) in [7, 11) is 1.62. The van der Waals surface area contributed by atoms with Gasteiger partial charge in [0.15, 0.2) is 0 Å². The normalized spacial score (nSPS) is 21.9. The van der Waals surface area contributed by atoms with E-state index in [4.69, 9.17) is 10.5 Å². The van der Waals surface area contributed by atoms with Crippen molar-refractivity contribution in [3.05, 3.63) is 35.9 Å². The van der Waals surface area contributed by atoms with E-state index < -0.39 is 0 Å². The molecule has 1 aromatic rings. The lowest BCUT2D eigenvalue weighted by Gasteiger charge is -2.13. The fraction of sp³-hybridized carbons (Fsp3) is 0.357. The van der Waals surface area contributed by atoms with Crippen LogP contribution in [0.25, 0.3) is 0 Å². The smallest absolute Gasteiger partial charge is 0.231 e. The van der Waals surface area contributed by atoms with Gasteiger partial charge in [0.05, 0.1) is 13.0 Å². The number of rotatable bonds is 3. The lowest BCUT2D eigenvalue weighted by molar-refractivity contribution is -0.118. The minimum absolute atomic E-state index is 0.00212. The van der Waals surface area contributed by atoms with Crippen molar-refractivity contribution in [2.75, 3.05) is 12.4 Å². The predicted octanol–water partition coefficient (Wildman–Crippen LogP) is 1.85. The first-order valence-electron chi connectivity index (χ1n) is 5.99. The topological polar surface area (TPSA) is 64.3 Å². The van der Waals surface area contributed by atoms with E-state index in [1.807, 2.05) is 37.3 Å². The summed E-state index contributed by atoms with van der Waals surface area (Å²) in [5.74, 6) is 0.655. The van der Waals surface area contributed by atoms with E-state index in [9.17, 15) is 4.79 Å². The molecule has 0 saturated heterocycles. The Morgan fingerprint density at radius 1 is 1.44 bits per heavy atom. The summed E-state index contributed by atoms with van der Waals surface area (Å²) in [4.78, 5) is 12.0. The Labute approximate surface area is 107 Å².